The lowest BCUT2D eigenvalue weighted by atomic mass is 10.2. The quantitative estimate of drug-likeness (QED) is 0.788. The van der Waals surface area contributed by atoms with Crippen molar-refractivity contribution in [1.82, 2.24) is 24.9 Å². The van der Waals surface area contributed by atoms with E-state index in [-0.39, 0.29) is 24.6 Å². The highest BCUT2D eigenvalue weighted by Gasteiger charge is 2.11. The van der Waals surface area contributed by atoms with E-state index in [0.717, 1.165) is 17.8 Å². The Labute approximate surface area is 127 Å². The maximum atomic E-state index is 12.0. The smallest absolute Gasteiger partial charge is 0.305 e. The van der Waals surface area contributed by atoms with Crippen molar-refractivity contribution in [1.29, 1.82) is 0 Å². The molecular weight excluding hydrogens is 286 g/mol. The highest BCUT2D eigenvalue weighted by molar-refractivity contribution is 5.92. The summed E-state index contributed by atoms with van der Waals surface area (Å²) in [6, 6.07) is 1.57. The van der Waals surface area contributed by atoms with Crippen LogP contribution < -0.4 is 5.32 Å². The first-order chi connectivity index (χ1) is 10.5. The maximum Gasteiger partial charge on any atom is 0.305 e. The molecule has 0 aliphatic rings. The summed E-state index contributed by atoms with van der Waals surface area (Å²) >= 11 is 0. The van der Waals surface area contributed by atoms with Crippen molar-refractivity contribution in [3.05, 3.63) is 35.4 Å². The fourth-order valence-corrected chi connectivity index (χ4v) is 2.06. The molecule has 2 heterocycles. The second-order valence-electron chi connectivity index (χ2n) is 4.86. The minimum absolute atomic E-state index is 0.0296. The second kappa shape index (κ2) is 6.88. The molecule has 0 saturated heterocycles. The lowest BCUT2D eigenvalue weighted by Gasteiger charge is -2.04. The predicted octanol–water partition coefficient (Wildman–Crippen LogP) is 0.813. The molecule has 8 heteroatoms. The molecule has 22 heavy (non-hydrogen) atoms. The van der Waals surface area contributed by atoms with Crippen LogP contribution in [0, 0.1) is 6.92 Å². The minimum atomic E-state index is -0.898. The molecule has 0 aromatic carbocycles. The van der Waals surface area contributed by atoms with E-state index in [1.165, 1.54) is 4.68 Å². The van der Waals surface area contributed by atoms with Gasteiger partial charge in [-0.1, -0.05) is 0 Å². The summed E-state index contributed by atoms with van der Waals surface area (Å²) in [4.78, 5) is 22.5. The van der Waals surface area contributed by atoms with Gasteiger partial charge >= 0.3 is 5.97 Å². The van der Waals surface area contributed by atoms with E-state index in [9.17, 15) is 9.59 Å². The molecule has 118 valence electrons. The highest BCUT2D eigenvalue weighted by Crippen LogP contribution is 2.07. The van der Waals surface area contributed by atoms with Gasteiger partial charge < -0.3 is 10.4 Å². The van der Waals surface area contributed by atoms with Crippen molar-refractivity contribution in [3.8, 4) is 0 Å². The molecule has 0 unspecified atom stereocenters. The van der Waals surface area contributed by atoms with Crippen LogP contribution in [0.4, 0.5) is 0 Å². The van der Waals surface area contributed by atoms with Gasteiger partial charge in [-0.15, -0.1) is 0 Å². The van der Waals surface area contributed by atoms with Crippen LogP contribution in [-0.4, -0.2) is 36.5 Å². The van der Waals surface area contributed by atoms with Crippen molar-refractivity contribution >= 4 is 11.9 Å². The van der Waals surface area contributed by atoms with E-state index in [1.54, 1.807) is 18.5 Å². The zero-order valence-electron chi connectivity index (χ0n) is 12.6. The molecule has 0 aliphatic heterocycles. The summed E-state index contributed by atoms with van der Waals surface area (Å²) in [6.07, 6.45) is 3.31. The molecule has 0 spiro atoms. The van der Waals surface area contributed by atoms with Crippen LogP contribution in [0.3, 0.4) is 0 Å². The number of carboxylic acid groups (broad SMARTS) is 1. The predicted molar refractivity (Wildman–Crippen MR) is 78.3 cm³/mol. The molecule has 0 fully saturated rings. The number of aryl methyl sites for hydroxylation is 2. The standard InChI is InChI=1S/C14H19N5O3/c1-3-19-10(2)11(9-16-19)8-15-14(22)12-4-6-18(17-12)7-5-13(20)21/h4,6,9H,3,5,7-8H2,1-2H3,(H,15,22)(H,20,21). The van der Waals surface area contributed by atoms with Crippen LogP contribution in [0.5, 0.6) is 0 Å². The third-order valence-corrected chi connectivity index (χ3v) is 3.37. The number of nitrogens with one attached hydrogen (secondary N) is 1. The van der Waals surface area contributed by atoms with Crippen molar-refractivity contribution in [2.75, 3.05) is 0 Å². The Kier molecular flexibility index (Phi) is 4.92. The van der Waals surface area contributed by atoms with Crippen LogP contribution in [0.2, 0.25) is 0 Å². The fraction of sp³-hybridized carbons (Fsp3) is 0.429. The van der Waals surface area contributed by atoms with E-state index < -0.39 is 5.97 Å². The summed E-state index contributed by atoms with van der Waals surface area (Å²) in [5, 5.41) is 19.7. The Morgan fingerprint density at radius 2 is 2.18 bits per heavy atom. The Morgan fingerprint density at radius 3 is 2.82 bits per heavy atom. The number of aromatic nitrogens is 4. The zero-order valence-corrected chi connectivity index (χ0v) is 12.6. The van der Waals surface area contributed by atoms with Gasteiger partial charge in [0.2, 0.25) is 0 Å². The largest absolute Gasteiger partial charge is 0.481 e. The number of aliphatic carboxylic acids is 1. The lowest BCUT2D eigenvalue weighted by Crippen LogP contribution is -2.23. The Balaban J connectivity index is 1.92. The summed E-state index contributed by atoms with van der Waals surface area (Å²) < 4.78 is 3.31. The van der Waals surface area contributed by atoms with Gasteiger partial charge in [-0.2, -0.15) is 10.2 Å². The summed E-state index contributed by atoms with van der Waals surface area (Å²) in [5.74, 6) is -1.19. The van der Waals surface area contributed by atoms with E-state index in [1.807, 2.05) is 18.5 Å². The molecule has 0 saturated carbocycles. The lowest BCUT2D eigenvalue weighted by molar-refractivity contribution is -0.137. The average Bonchev–Trinajstić information content (AvgIpc) is 3.09. The number of rotatable bonds is 7. The molecule has 8 nitrogen and oxygen atoms in total. The summed E-state index contributed by atoms with van der Waals surface area (Å²) in [5.41, 5.74) is 2.25. The Hall–Kier alpha value is -2.64. The minimum Gasteiger partial charge on any atom is -0.481 e. The molecule has 2 N–H and O–H groups in total. The molecule has 0 bridgehead atoms. The summed E-state index contributed by atoms with van der Waals surface area (Å²) in [7, 11) is 0. The van der Waals surface area contributed by atoms with Crippen LogP contribution in [0.15, 0.2) is 18.5 Å². The van der Waals surface area contributed by atoms with Gasteiger partial charge in [0.15, 0.2) is 0 Å². The monoisotopic (exact) mass is 305 g/mol. The number of carbonyl (C=O) groups is 2. The van der Waals surface area contributed by atoms with Gasteiger partial charge in [-0.05, 0) is 19.9 Å². The first-order valence-electron chi connectivity index (χ1n) is 7.06. The number of carboxylic acids is 1. The van der Waals surface area contributed by atoms with Crippen molar-refractivity contribution in [2.24, 2.45) is 0 Å². The van der Waals surface area contributed by atoms with Crippen LogP contribution >= 0.6 is 0 Å². The molecule has 1 amide bonds. The molecule has 2 rings (SSSR count). The van der Waals surface area contributed by atoms with Crippen molar-refractivity contribution in [2.45, 2.75) is 39.9 Å². The number of nitrogens with zero attached hydrogens (tertiary/aromatic N) is 4. The van der Waals surface area contributed by atoms with Gasteiger partial charge in [-0.3, -0.25) is 19.0 Å². The summed E-state index contributed by atoms with van der Waals surface area (Å²) in [6.45, 7) is 5.37. The number of carbonyl (C=O) groups excluding carboxylic acids is 1. The third-order valence-electron chi connectivity index (χ3n) is 3.37. The molecule has 0 atom stereocenters. The molecule has 2 aromatic rings. The average molecular weight is 305 g/mol. The van der Waals surface area contributed by atoms with Gasteiger partial charge in [0.25, 0.3) is 5.91 Å². The zero-order chi connectivity index (χ0) is 16.1. The third kappa shape index (κ3) is 3.72. The Bertz CT molecular complexity index is 674. The van der Waals surface area contributed by atoms with Gasteiger partial charge in [0.1, 0.15) is 5.69 Å². The first-order valence-corrected chi connectivity index (χ1v) is 7.06. The van der Waals surface area contributed by atoms with Crippen LogP contribution in [0.25, 0.3) is 0 Å². The normalized spacial score (nSPS) is 10.6. The van der Waals surface area contributed by atoms with Crippen LogP contribution in [-0.2, 0) is 24.4 Å². The topological polar surface area (TPSA) is 102 Å². The maximum absolute atomic E-state index is 12.0. The number of hydrogen-bond acceptors (Lipinski definition) is 4. The van der Waals surface area contributed by atoms with Gasteiger partial charge in [0.05, 0.1) is 19.2 Å². The molecule has 0 aliphatic carbocycles. The fourth-order valence-electron chi connectivity index (χ4n) is 2.06. The molecular formula is C14H19N5O3. The van der Waals surface area contributed by atoms with E-state index in [0.29, 0.717) is 6.54 Å². The number of hydrogen-bond donors (Lipinski definition) is 2. The van der Waals surface area contributed by atoms with E-state index >= 15 is 0 Å². The highest BCUT2D eigenvalue weighted by atomic mass is 16.4. The van der Waals surface area contributed by atoms with Crippen LogP contribution in [0.1, 0.15) is 35.1 Å². The van der Waals surface area contributed by atoms with Gasteiger partial charge in [-0.25, -0.2) is 0 Å². The van der Waals surface area contributed by atoms with Crippen molar-refractivity contribution in [3.63, 3.8) is 0 Å². The Morgan fingerprint density at radius 1 is 1.41 bits per heavy atom. The first kappa shape index (κ1) is 15.7. The van der Waals surface area contributed by atoms with E-state index in [4.69, 9.17) is 5.11 Å². The van der Waals surface area contributed by atoms with E-state index in [2.05, 4.69) is 15.5 Å². The molecule has 0 radical (unpaired) electrons. The second-order valence-corrected chi connectivity index (χ2v) is 4.86. The SMILES string of the molecule is CCn1ncc(CNC(=O)c2ccn(CCC(=O)O)n2)c1C. The van der Waals surface area contributed by atoms with Gasteiger partial charge in [0, 0.05) is 30.5 Å². The molecule has 2 aromatic heterocycles. The van der Waals surface area contributed by atoms with Crippen molar-refractivity contribution < 1.29 is 14.7 Å². The number of amides is 1.